The lowest BCUT2D eigenvalue weighted by Gasteiger charge is -2.30. The van der Waals surface area contributed by atoms with Crippen LogP contribution in [-0.4, -0.2) is 38.0 Å². The fraction of sp³-hybridized carbons (Fsp3) is 0.611. The Bertz CT molecular complexity index is 655. The third-order valence-electron chi connectivity index (χ3n) is 5.05. The number of carbonyl (C=O) groups excluding carboxylic acids is 1. The van der Waals surface area contributed by atoms with Crippen molar-refractivity contribution in [3.8, 4) is 0 Å². The SMILES string of the molecule is N[C@@H](Cc1c[nH]cn1)C(=O)N[C@H](CC1CCCCC1)[C@H](O)c1nccs1. The number of aromatic amines is 1. The van der Waals surface area contributed by atoms with Gasteiger partial charge in [-0.1, -0.05) is 32.1 Å². The first kappa shape index (κ1) is 19.0. The molecule has 1 aliphatic rings. The molecular weight excluding hydrogens is 350 g/mol. The van der Waals surface area contributed by atoms with Gasteiger partial charge in [-0.05, 0) is 12.3 Å². The van der Waals surface area contributed by atoms with E-state index in [0.717, 1.165) is 25.0 Å². The number of aliphatic hydroxyl groups excluding tert-OH is 1. The smallest absolute Gasteiger partial charge is 0.237 e. The van der Waals surface area contributed by atoms with Crippen LogP contribution in [0.25, 0.3) is 0 Å². The zero-order chi connectivity index (χ0) is 18.4. The summed E-state index contributed by atoms with van der Waals surface area (Å²) in [5, 5.41) is 16.2. The highest BCUT2D eigenvalue weighted by atomic mass is 32.1. The van der Waals surface area contributed by atoms with Gasteiger partial charge in [0.2, 0.25) is 5.91 Å². The molecule has 1 fully saturated rings. The zero-order valence-corrected chi connectivity index (χ0v) is 15.6. The molecule has 0 radical (unpaired) electrons. The molecule has 2 aromatic heterocycles. The number of nitrogens with zero attached hydrogens (tertiary/aromatic N) is 2. The molecule has 8 heteroatoms. The van der Waals surface area contributed by atoms with Crippen molar-refractivity contribution >= 4 is 17.2 Å². The van der Waals surface area contributed by atoms with E-state index >= 15 is 0 Å². The Labute approximate surface area is 157 Å². The van der Waals surface area contributed by atoms with E-state index in [9.17, 15) is 9.90 Å². The van der Waals surface area contributed by atoms with Crippen LogP contribution in [0.3, 0.4) is 0 Å². The van der Waals surface area contributed by atoms with Crippen LogP contribution in [0.5, 0.6) is 0 Å². The van der Waals surface area contributed by atoms with Gasteiger partial charge in [0, 0.05) is 24.2 Å². The van der Waals surface area contributed by atoms with Gasteiger partial charge in [-0.15, -0.1) is 11.3 Å². The number of rotatable bonds is 8. The van der Waals surface area contributed by atoms with E-state index in [2.05, 4.69) is 20.3 Å². The molecule has 1 aliphatic carbocycles. The topological polar surface area (TPSA) is 117 Å². The van der Waals surface area contributed by atoms with E-state index in [-0.39, 0.29) is 11.9 Å². The molecule has 2 aromatic rings. The third kappa shape index (κ3) is 5.12. The van der Waals surface area contributed by atoms with Crippen LogP contribution < -0.4 is 11.1 Å². The number of aliphatic hydroxyl groups is 1. The maximum Gasteiger partial charge on any atom is 0.237 e. The average Bonchev–Trinajstić information content (AvgIpc) is 3.35. The number of imidazole rings is 1. The van der Waals surface area contributed by atoms with E-state index in [4.69, 9.17) is 5.73 Å². The van der Waals surface area contributed by atoms with Crippen molar-refractivity contribution in [3.05, 3.63) is 34.8 Å². The number of H-pyrrole nitrogens is 1. The quantitative estimate of drug-likeness (QED) is 0.561. The van der Waals surface area contributed by atoms with Gasteiger partial charge in [-0.25, -0.2) is 9.97 Å². The first-order chi connectivity index (χ1) is 12.6. The van der Waals surface area contributed by atoms with E-state index in [1.807, 2.05) is 5.38 Å². The van der Waals surface area contributed by atoms with Gasteiger partial charge in [0.15, 0.2) is 0 Å². The van der Waals surface area contributed by atoms with Crippen LogP contribution in [0.2, 0.25) is 0 Å². The Morgan fingerprint density at radius 2 is 2.19 bits per heavy atom. The molecule has 0 aliphatic heterocycles. The zero-order valence-electron chi connectivity index (χ0n) is 14.8. The van der Waals surface area contributed by atoms with Gasteiger partial charge in [0.25, 0.3) is 0 Å². The maximum atomic E-state index is 12.6. The van der Waals surface area contributed by atoms with Crippen LogP contribution in [0.1, 0.15) is 55.3 Å². The molecule has 0 bridgehead atoms. The normalized spacial score (nSPS) is 19.0. The first-order valence-electron chi connectivity index (χ1n) is 9.24. The monoisotopic (exact) mass is 377 g/mol. The predicted octanol–water partition coefficient (Wildman–Crippen LogP) is 1.92. The summed E-state index contributed by atoms with van der Waals surface area (Å²) in [6.07, 6.45) is 11.3. The highest BCUT2D eigenvalue weighted by molar-refractivity contribution is 7.09. The van der Waals surface area contributed by atoms with Crippen molar-refractivity contribution in [1.29, 1.82) is 0 Å². The fourth-order valence-corrected chi connectivity index (χ4v) is 4.30. The molecule has 0 unspecified atom stereocenters. The number of hydrogen-bond acceptors (Lipinski definition) is 6. The molecular formula is C18H27N5O2S. The highest BCUT2D eigenvalue weighted by Gasteiger charge is 2.30. The molecule has 0 aromatic carbocycles. The number of thiazole rings is 1. The summed E-state index contributed by atoms with van der Waals surface area (Å²) in [5.74, 6) is 0.260. The Morgan fingerprint density at radius 1 is 1.38 bits per heavy atom. The molecule has 1 amide bonds. The Kier molecular flexibility index (Phi) is 6.76. The van der Waals surface area contributed by atoms with Crippen molar-refractivity contribution in [2.45, 2.75) is 63.1 Å². The summed E-state index contributed by atoms with van der Waals surface area (Å²) >= 11 is 1.40. The van der Waals surface area contributed by atoms with Gasteiger partial charge in [-0.2, -0.15) is 0 Å². The average molecular weight is 378 g/mol. The lowest BCUT2D eigenvalue weighted by molar-refractivity contribution is -0.124. The summed E-state index contributed by atoms with van der Waals surface area (Å²) in [6, 6.07) is -1.07. The minimum absolute atomic E-state index is 0.260. The predicted molar refractivity (Wildman–Crippen MR) is 100 cm³/mol. The highest BCUT2D eigenvalue weighted by Crippen LogP contribution is 2.31. The Hall–Kier alpha value is -1.77. The Morgan fingerprint density at radius 3 is 2.85 bits per heavy atom. The molecule has 1 saturated carbocycles. The summed E-state index contributed by atoms with van der Waals surface area (Å²) < 4.78 is 0. The van der Waals surface area contributed by atoms with Crippen LogP contribution in [-0.2, 0) is 11.2 Å². The fourth-order valence-electron chi connectivity index (χ4n) is 3.61. The second-order valence-electron chi connectivity index (χ2n) is 7.04. The lowest BCUT2D eigenvalue weighted by atomic mass is 9.83. The molecule has 5 N–H and O–H groups in total. The number of nitrogens with two attached hydrogens (primary N) is 1. The van der Waals surface area contributed by atoms with Crippen molar-refractivity contribution in [3.63, 3.8) is 0 Å². The van der Waals surface area contributed by atoms with E-state index in [1.54, 1.807) is 18.7 Å². The molecule has 26 heavy (non-hydrogen) atoms. The number of nitrogens with one attached hydrogen (secondary N) is 2. The molecule has 2 heterocycles. The maximum absolute atomic E-state index is 12.6. The molecule has 3 atom stereocenters. The van der Waals surface area contributed by atoms with Gasteiger partial charge >= 0.3 is 0 Å². The number of aromatic nitrogens is 3. The van der Waals surface area contributed by atoms with E-state index < -0.39 is 12.1 Å². The standard InChI is InChI=1S/C18H27N5O2S/c19-14(9-13-10-20-11-22-13)17(25)23-15(8-12-4-2-1-3-5-12)16(24)18-21-6-7-26-18/h6-7,10-12,14-16,24H,1-5,8-9,19H2,(H,20,22)(H,23,25)/t14-,15+,16-/m0/s1. The second kappa shape index (κ2) is 9.25. The molecule has 3 rings (SSSR count). The number of hydrogen-bond donors (Lipinski definition) is 4. The Balaban J connectivity index is 1.64. The van der Waals surface area contributed by atoms with Gasteiger partial charge in [0.1, 0.15) is 11.1 Å². The molecule has 142 valence electrons. The first-order valence-corrected chi connectivity index (χ1v) is 10.1. The number of carbonyl (C=O) groups is 1. The number of amides is 1. The van der Waals surface area contributed by atoms with Gasteiger partial charge in [0.05, 0.1) is 24.1 Å². The molecule has 7 nitrogen and oxygen atoms in total. The van der Waals surface area contributed by atoms with Crippen molar-refractivity contribution in [1.82, 2.24) is 20.3 Å². The summed E-state index contributed by atoms with van der Waals surface area (Å²) in [5.41, 5.74) is 6.80. The van der Waals surface area contributed by atoms with Gasteiger partial charge < -0.3 is 21.1 Å². The van der Waals surface area contributed by atoms with Crippen LogP contribution >= 0.6 is 11.3 Å². The van der Waals surface area contributed by atoms with Crippen LogP contribution in [0.15, 0.2) is 24.1 Å². The van der Waals surface area contributed by atoms with Crippen molar-refractivity contribution in [2.24, 2.45) is 11.7 Å². The largest absolute Gasteiger partial charge is 0.384 e. The summed E-state index contributed by atoms with van der Waals surface area (Å²) in [7, 11) is 0. The molecule has 0 saturated heterocycles. The third-order valence-corrected chi connectivity index (χ3v) is 5.89. The molecule has 0 spiro atoms. The van der Waals surface area contributed by atoms with E-state index in [1.165, 1.54) is 30.6 Å². The van der Waals surface area contributed by atoms with Gasteiger partial charge in [-0.3, -0.25) is 4.79 Å². The minimum atomic E-state index is -0.807. The van der Waals surface area contributed by atoms with E-state index in [0.29, 0.717) is 17.3 Å². The van der Waals surface area contributed by atoms with Crippen molar-refractivity contribution < 1.29 is 9.90 Å². The summed E-state index contributed by atoms with van der Waals surface area (Å²) in [6.45, 7) is 0. The summed E-state index contributed by atoms with van der Waals surface area (Å²) in [4.78, 5) is 23.8. The van der Waals surface area contributed by atoms with Crippen LogP contribution in [0, 0.1) is 5.92 Å². The van der Waals surface area contributed by atoms with Crippen molar-refractivity contribution in [2.75, 3.05) is 0 Å². The van der Waals surface area contributed by atoms with Crippen LogP contribution in [0.4, 0.5) is 0 Å². The minimum Gasteiger partial charge on any atom is -0.384 e. The second-order valence-corrected chi connectivity index (χ2v) is 7.97. The lowest BCUT2D eigenvalue weighted by Crippen LogP contribution is -2.49.